The third kappa shape index (κ3) is 8.94. The average molecular weight is 371 g/mol. The van der Waals surface area contributed by atoms with Crippen LogP contribution in [0.4, 0.5) is 0 Å². The van der Waals surface area contributed by atoms with E-state index in [1.54, 1.807) is 0 Å². The number of Topliss-reactive ketones (excluding diaryl/α,β-unsaturated/α-hetero) is 1. The summed E-state index contributed by atoms with van der Waals surface area (Å²) in [6, 6.07) is -1.02. The summed E-state index contributed by atoms with van der Waals surface area (Å²) >= 11 is 0. The molecule has 8 heteroatoms. The van der Waals surface area contributed by atoms with Gasteiger partial charge in [-0.15, -0.1) is 0 Å². The standard InChI is InChI=1S/C18H29NO7/c1-25-18(24)15-12-26-9-7-5-3-2-4-6-8-14(20)10-13(11-16(21)22)17(23)19-15/h13,15H,2-12H2,1H3,(H,19,23)(H,21,22)/t13-,15-/m0/s1. The highest BCUT2D eigenvalue weighted by Gasteiger charge is 2.29. The fourth-order valence-electron chi connectivity index (χ4n) is 2.88. The van der Waals surface area contributed by atoms with Gasteiger partial charge in [-0.1, -0.05) is 25.7 Å². The van der Waals surface area contributed by atoms with Gasteiger partial charge in [-0.25, -0.2) is 4.79 Å². The Labute approximate surface area is 153 Å². The Morgan fingerprint density at radius 1 is 1.15 bits per heavy atom. The zero-order chi connectivity index (χ0) is 19.4. The Morgan fingerprint density at radius 3 is 2.46 bits per heavy atom. The first-order chi connectivity index (χ1) is 12.4. The number of carbonyl (C=O) groups is 4. The maximum Gasteiger partial charge on any atom is 0.330 e. The van der Waals surface area contributed by atoms with E-state index in [2.05, 4.69) is 10.1 Å². The minimum Gasteiger partial charge on any atom is -0.481 e. The average Bonchev–Trinajstić information content (AvgIpc) is 2.59. The third-order valence-corrected chi connectivity index (χ3v) is 4.35. The monoisotopic (exact) mass is 371 g/mol. The number of hydrogen-bond donors (Lipinski definition) is 2. The third-order valence-electron chi connectivity index (χ3n) is 4.35. The molecule has 0 spiro atoms. The van der Waals surface area contributed by atoms with Crippen molar-refractivity contribution in [2.75, 3.05) is 20.3 Å². The van der Waals surface area contributed by atoms with E-state index >= 15 is 0 Å². The fourth-order valence-corrected chi connectivity index (χ4v) is 2.88. The normalized spacial score (nSPS) is 24.5. The Bertz CT molecular complexity index is 492. The summed E-state index contributed by atoms with van der Waals surface area (Å²) in [5.74, 6) is -3.63. The van der Waals surface area contributed by atoms with Crippen LogP contribution in [0, 0.1) is 5.92 Å². The van der Waals surface area contributed by atoms with Gasteiger partial charge < -0.3 is 19.9 Å². The van der Waals surface area contributed by atoms with Crippen LogP contribution in [-0.4, -0.2) is 55.1 Å². The molecule has 148 valence electrons. The van der Waals surface area contributed by atoms with Crippen molar-refractivity contribution < 1.29 is 33.8 Å². The molecule has 8 nitrogen and oxygen atoms in total. The second-order valence-corrected chi connectivity index (χ2v) is 6.57. The van der Waals surface area contributed by atoms with Gasteiger partial charge in [0.1, 0.15) is 5.78 Å². The van der Waals surface area contributed by atoms with Crippen molar-refractivity contribution in [2.24, 2.45) is 5.92 Å². The van der Waals surface area contributed by atoms with Crippen LogP contribution in [0.15, 0.2) is 0 Å². The van der Waals surface area contributed by atoms with Crippen LogP contribution in [0.1, 0.15) is 57.8 Å². The van der Waals surface area contributed by atoms with Crippen LogP contribution in [0.5, 0.6) is 0 Å². The molecule has 0 aromatic rings. The van der Waals surface area contributed by atoms with Crippen LogP contribution >= 0.6 is 0 Å². The summed E-state index contributed by atoms with van der Waals surface area (Å²) in [6.07, 6.45) is 5.33. The van der Waals surface area contributed by atoms with E-state index in [9.17, 15) is 19.2 Å². The number of amides is 1. The van der Waals surface area contributed by atoms with Gasteiger partial charge in [0, 0.05) is 19.4 Å². The van der Waals surface area contributed by atoms with Gasteiger partial charge in [-0.05, 0) is 12.8 Å². The number of nitrogens with one attached hydrogen (secondary N) is 1. The molecule has 0 saturated carbocycles. The van der Waals surface area contributed by atoms with Crippen LogP contribution in [0.2, 0.25) is 0 Å². The Kier molecular flexibility index (Phi) is 10.5. The van der Waals surface area contributed by atoms with Gasteiger partial charge >= 0.3 is 11.9 Å². The van der Waals surface area contributed by atoms with Crippen LogP contribution < -0.4 is 5.32 Å². The molecule has 0 aromatic carbocycles. The smallest absolute Gasteiger partial charge is 0.330 e. The summed E-state index contributed by atoms with van der Waals surface area (Å²) in [4.78, 5) is 47.4. The highest BCUT2D eigenvalue weighted by Crippen LogP contribution is 2.15. The molecule has 0 radical (unpaired) electrons. The van der Waals surface area contributed by atoms with E-state index in [4.69, 9.17) is 9.84 Å². The Morgan fingerprint density at radius 2 is 1.81 bits per heavy atom. The van der Waals surface area contributed by atoms with Crippen molar-refractivity contribution in [1.29, 1.82) is 0 Å². The number of aliphatic carboxylic acids is 1. The molecule has 1 aliphatic heterocycles. The number of methoxy groups -OCH3 is 1. The van der Waals surface area contributed by atoms with Crippen LogP contribution in [0.25, 0.3) is 0 Å². The molecule has 1 fully saturated rings. The lowest BCUT2D eigenvalue weighted by Gasteiger charge is -2.20. The lowest BCUT2D eigenvalue weighted by Crippen LogP contribution is -2.47. The van der Waals surface area contributed by atoms with Crippen molar-refractivity contribution in [3.63, 3.8) is 0 Å². The molecule has 1 aliphatic rings. The van der Waals surface area contributed by atoms with Crippen molar-refractivity contribution in [2.45, 2.75) is 63.8 Å². The highest BCUT2D eigenvalue weighted by molar-refractivity contribution is 5.91. The summed E-state index contributed by atoms with van der Waals surface area (Å²) in [6.45, 7) is 0.423. The van der Waals surface area contributed by atoms with Crippen LogP contribution in [0.3, 0.4) is 0 Å². The summed E-state index contributed by atoms with van der Waals surface area (Å²) in [7, 11) is 1.20. The second kappa shape index (κ2) is 12.4. The van der Waals surface area contributed by atoms with Gasteiger partial charge in [-0.2, -0.15) is 0 Å². The maximum absolute atomic E-state index is 12.4. The number of hydrogen-bond acceptors (Lipinski definition) is 6. The van der Waals surface area contributed by atoms with Gasteiger partial charge in [0.15, 0.2) is 6.04 Å². The van der Waals surface area contributed by atoms with E-state index in [1.807, 2.05) is 0 Å². The number of carboxylic acids is 1. The fraction of sp³-hybridized carbons (Fsp3) is 0.778. The van der Waals surface area contributed by atoms with E-state index in [0.717, 1.165) is 38.5 Å². The molecule has 1 amide bonds. The molecule has 0 unspecified atom stereocenters. The first-order valence-electron chi connectivity index (χ1n) is 9.13. The zero-order valence-corrected chi connectivity index (χ0v) is 15.3. The van der Waals surface area contributed by atoms with Crippen molar-refractivity contribution in [3.8, 4) is 0 Å². The van der Waals surface area contributed by atoms with E-state index in [0.29, 0.717) is 13.0 Å². The van der Waals surface area contributed by atoms with E-state index in [-0.39, 0.29) is 18.8 Å². The Hall–Kier alpha value is -1.96. The van der Waals surface area contributed by atoms with E-state index in [1.165, 1.54) is 7.11 Å². The number of carbonyl (C=O) groups excluding carboxylic acids is 3. The lowest BCUT2D eigenvalue weighted by atomic mass is 9.94. The molecular weight excluding hydrogens is 342 g/mol. The minimum absolute atomic E-state index is 0.0495. The molecule has 2 N–H and O–H groups in total. The van der Waals surface area contributed by atoms with Crippen molar-refractivity contribution >= 4 is 23.6 Å². The molecule has 1 rings (SSSR count). The number of ketones is 1. The first-order valence-corrected chi connectivity index (χ1v) is 9.13. The molecule has 0 aliphatic carbocycles. The van der Waals surface area contributed by atoms with Gasteiger partial charge in [-0.3, -0.25) is 14.4 Å². The van der Waals surface area contributed by atoms with Gasteiger partial charge in [0.2, 0.25) is 5.91 Å². The number of rotatable bonds is 3. The van der Waals surface area contributed by atoms with Gasteiger partial charge in [0.25, 0.3) is 0 Å². The maximum atomic E-state index is 12.4. The summed E-state index contributed by atoms with van der Waals surface area (Å²) in [5, 5.41) is 11.5. The molecule has 2 atom stereocenters. The van der Waals surface area contributed by atoms with Gasteiger partial charge in [0.05, 0.1) is 26.1 Å². The lowest BCUT2D eigenvalue weighted by molar-refractivity contribution is -0.148. The summed E-state index contributed by atoms with van der Waals surface area (Å²) < 4.78 is 10.1. The van der Waals surface area contributed by atoms with Crippen molar-refractivity contribution in [1.82, 2.24) is 5.32 Å². The first kappa shape index (κ1) is 22.1. The predicted molar refractivity (Wildman–Crippen MR) is 92.5 cm³/mol. The minimum atomic E-state index is -1.17. The SMILES string of the molecule is COC(=O)[C@@H]1COCCCCCCCCC(=O)C[C@@H](CC(=O)O)C(=O)N1. The largest absolute Gasteiger partial charge is 0.481 e. The molecule has 0 aromatic heterocycles. The van der Waals surface area contributed by atoms with Crippen LogP contribution in [-0.2, 0) is 28.7 Å². The Balaban J connectivity index is 2.82. The highest BCUT2D eigenvalue weighted by atomic mass is 16.5. The number of esters is 1. The molecule has 1 heterocycles. The molecule has 1 saturated heterocycles. The zero-order valence-electron chi connectivity index (χ0n) is 15.3. The molecular formula is C18H29NO7. The predicted octanol–water partition coefficient (Wildman–Crippen LogP) is 1.46. The molecule has 0 bridgehead atoms. The number of carboxylic acid groups (broad SMARTS) is 1. The second-order valence-electron chi connectivity index (χ2n) is 6.57. The number of ether oxygens (including phenoxy) is 2. The van der Waals surface area contributed by atoms with E-state index < -0.39 is 36.2 Å². The summed E-state index contributed by atoms with van der Waals surface area (Å²) in [5.41, 5.74) is 0. The quantitative estimate of drug-likeness (QED) is 0.721. The molecule has 26 heavy (non-hydrogen) atoms. The van der Waals surface area contributed by atoms with Crippen molar-refractivity contribution in [3.05, 3.63) is 0 Å². The topological polar surface area (TPSA) is 119 Å².